The van der Waals surface area contributed by atoms with Gasteiger partial charge in [-0.1, -0.05) is 137 Å². The first kappa shape index (κ1) is 27.6. The molecule has 0 N–H and O–H groups in total. The van der Waals surface area contributed by atoms with E-state index in [0.717, 1.165) is 64.1 Å². The minimum Gasteiger partial charge on any atom is -0.292 e. The second-order valence-corrected chi connectivity index (χ2v) is 15.8. The maximum absolute atomic E-state index is 8.83. The van der Waals surface area contributed by atoms with Crippen molar-refractivity contribution in [1.82, 2.24) is 9.55 Å². The van der Waals surface area contributed by atoms with E-state index in [1.54, 1.807) is 11.3 Å². The van der Waals surface area contributed by atoms with E-state index < -0.39 is 6.04 Å². The molecule has 0 aliphatic heterocycles. The standard InChI is InChI=1S/C51H40N2S/c1-31(2)41-26-35(33-16-7-5-8-17-33)27-42(32(3)4)49(41)53-47-25-14-13-24-46(47)52-51(53)40-23-15-22-39-45-30-44-36(29-48(45)54-50(39)40)28-43(34-18-9-6-10-19-34)37-20-11-12-21-38(37)44/h5-32H,1-4H3/i6D,9D,10D,18D,19D. The van der Waals surface area contributed by atoms with E-state index in [1.165, 1.54) is 27.9 Å². The smallest absolute Gasteiger partial charge is 0.147 e. The van der Waals surface area contributed by atoms with E-state index >= 15 is 0 Å². The summed E-state index contributed by atoms with van der Waals surface area (Å²) in [5.74, 6) is 1.39. The Hall–Kier alpha value is -6.03. The second kappa shape index (κ2) is 12.8. The molecule has 0 saturated heterocycles. The maximum atomic E-state index is 8.83. The molecule has 0 spiro atoms. The van der Waals surface area contributed by atoms with Crippen LogP contribution in [0, 0.1) is 0 Å². The van der Waals surface area contributed by atoms with Crippen LogP contribution in [0.25, 0.3) is 92.1 Å². The van der Waals surface area contributed by atoms with Crippen LogP contribution in [0.4, 0.5) is 0 Å². The monoisotopic (exact) mass is 717 g/mol. The molecule has 260 valence electrons. The number of nitrogens with zero attached hydrogens (tertiary/aromatic N) is 2. The number of imidazole rings is 1. The number of rotatable bonds is 6. The molecule has 10 rings (SSSR count). The van der Waals surface area contributed by atoms with Gasteiger partial charge in [-0.25, -0.2) is 4.98 Å². The van der Waals surface area contributed by atoms with Gasteiger partial charge >= 0.3 is 0 Å². The van der Waals surface area contributed by atoms with E-state index in [4.69, 9.17) is 11.8 Å². The quantitative estimate of drug-likeness (QED) is 0.157. The molecule has 0 radical (unpaired) electrons. The fourth-order valence-electron chi connectivity index (χ4n) is 8.21. The number of para-hydroxylation sites is 2. The van der Waals surface area contributed by atoms with Crippen LogP contribution in [-0.4, -0.2) is 9.55 Å². The van der Waals surface area contributed by atoms with E-state index in [-0.39, 0.29) is 41.6 Å². The Kier molecular flexibility index (Phi) is 6.55. The molecule has 0 unspecified atom stereocenters. The topological polar surface area (TPSA) is 17.8 Å². The number of aromatic nitrogens is 2. The van der Waals surface area contributed by atoms with Gasteiger partial charge in [0.25, 0.3) is 0 Å². The SMILES string of the molecule is [2H]c1c([2H])c([2H])c(-c2cc3cc4sc5c(-c6nc7ccccc7n6-c6c(C(C)C)cc(-c7ccccc7)cc6C(C)C)cccc5c4cc3c3ccccc23)c([2H])c1[2H]. The van der Waals surface area contributed by atoms with Gasteiger partial charge in [0.1, 0.15) is 5.82 Å². The number of hydrogen-bond acceptors (Lipinski definition) is 2. The van der Waals surface area contributed by atoms with Crippen molar-refractivity contribution in [2.24, 2.45) is 0 Å². The van der Waals surface area contributed by atoms with Gasteiger partial charge in [-0.3, -0.25) is 4.57 Å². The lowest BCUT2D eigenvalue weighted by Gasteiger charge is -2.24. The molecule has 0 amide bonds. The molecule has 10 aromatic rings. The molecule has 0 atom stereocenters. The minimum absolute atomic E-state index is 0.202. The third-order valence-corrected chi connectivity index (χ3v) is 12.0. The summed E-state index contributed by atoms with van der Waals surface area (Å²) in [4.78, 5) is 5.43. The number of benzene rings is 8. The lowest BCUT2D eigenvalue weighted by Crippen LogP contribution is -2.09. The Morgan fingerprint density at radius 2 is 1.24 bits per heavy atom. The maximum Gasteiger partial charge on any atom is 0.147 e. The van der Waals surface area contributed by atoms with Crippen LogP contribution < -0.4 is 0 Å². The van der Waals surface area contributed by atoms with Gasteiger partial charge in [0.15, 0.2) is 0 Å². The molecular weight excluding hydrogens is 673 g/mol. The van der Waals surface area contributed by atoms with Crippen LogP contribution in [0.5, 0.6) is 0 Å². The van der Waals surface area contributed by atoms with Crippen molar-refractivity contribution in [3.63, 3.8) is 0 Å². The average Bonchev–Trinajstić information content (AvgIpc) is 3.82. The van der Waals surface area contributed by atoms with Crippen molar-refractivity contribution in [3.05, 3.63) is 169 Å². The third kappa shape index (κ3) is 5.18. The number of fused-ring (bicyclic) bond motifs is 7. The zero-order chi connectivity index (χ0) is 40.9. The van der Waals surface area contributed by atoms with Crippen molar-refractivity contribution < 1.29 is 6.85 Å². The predicted octanol–water partition coefficient (Wildman–Crippen LogP) is 14.9. The molecule has 3 heteroatoms. The van der Waals surface area contributed by atoms with Crippen molar-refractivity contribution >= 4 is 64.1 Å². The third-order valence-electron chi connectivity index (χ3n) is 10.8. The molecule has 0 saturated carbocycles. The van der Waals surface area contributed by atoms with Gasteiger partial charge in [0.05, 0.1) is 23.6 Å². The Balaban J connectivity index is 1.25. The zero-order valence-corrected chi connectivity index (χ0v) is 31.4. The van der Waals surface area contributed by atoms with Gasteiger partial charge < -0.3 is 0 Å². The Bertz CT molecular complexity index is 3290. The second-order valence-electron chi connectivity index (χ2n) is 14.8. The summed E-state index contributed by atoms with van der Waals surface area (Å²) in [5, 5.41) is 6.08. The summed E-state index contributed by atoms with van der Waals surface area (Å²) < 4.78 is 47.4. The summed E-state index contributed by atoms with van der Waals surface area (Å²) in [6, 6.07) is 43.3. The van der Waals surface area contributed by atoms with Crippen molar-refractivity contribution in [3.8, 4) is 39.3 Å². The summed E-state index contributed by atoms with van der Waals surface area (Å²) in [6.45, 7) is 9.11. The van der Waals surface area contributed by atoms with Crippen LogP contribution in [0.2, 0.25) is 0 Å². The van der Waals surface area contributed by atoms with Crippen molar-refractivity contribution in [2.45, 2.75) is 39.5 Å². The summed E-state index contributed by atoms with van der Waals surface area (Å²) in [5.41, 5.74) is 10.1. The van der Waals surface area contributed by atoms with Crippen LogP contribution in [-0.2, 0) is 0 Å². The summed E-state index contributed by atoms with van der Waals surface area (Å²) in [6.07, 6.45) is 0. The molecule has 2 heterocycles. The molecule has 2 aromatic heterocycles. The Morgan fingerprint density at radius 1 is 0.556 bits per heavy atom. The fraction of sp³-hybridized carbons (Fsp3) is 0.118. The van der Waals surface area contributed by atoms with Crippen molar-refractivity contribution in [2.75, 3.05) is 0 Å². The number of hydrogen-bond donors (Lipinski definition) is 0. The van der Waals surface area contributed by atoms with Gasteiger partial charge in [0, 0.05) is 25.7 Å². The van der Waals surface area contributed by atoms with E-state index in [9.17, 15) is 0 Å². The Labute approximate surface area is 327 Å². The lowest BCUT2D eigenvalue weighted by atomic mass is 9.88. The van der Waals surface area contributed by atoms with Gasteiger partial charge in [-0.05, 0) is 115 Å². The van der Waals surface area contributed by atoms with Gasteiger partial charge in [-0.15, -0.1) is 11.3 Å². The van der Waals surface area contributed by atoms with Gasteiger partial charge in [0.2, 0.25) is 0 Å². The fourth-order valence-corrected chi connectivity index (χ4v) is 9.46. The van der Waals surface area contributed by atoms with Crippen molar-refractivity contribution in [1.29, 1.82) is 0 Å². The van der Waals surface area contributed by atoms with Crippen LogP contribution in [0.15, 0.2) is 158 Å². The van der Waals surface area contributed by atoms with Crippen LogP contribution >= 0.6 is 11.3 Å². The molecule has 0 bridgehead atoms. The minimum atomic E-state index is -0.393. The highest BCUT2D eigenvalue weighted by Gasteiger charge is 2.25. The normalized spacial score (nSPS) is 13.3. The van der Waals surface area contributed by atoms with E-state index in [0.29, 0.717) is 5.56 Å². The average molecular weight is 718 g/mol. The lowest BCUT2D eigenvalue weighted by molar-refractivity contribution is 0.812. The summed E-state index contributed by atoms with van der Waals surface area (Å²) >= 11 is 1.74. The van der Waals surface area contributed by atoms with E-state index in [1.807, 2.05) is 24.3 Å². The van der Waals surface area contributed by atoms with E-state index in [2.05, 4.69) is 135 Å². The molecule has 0 aliphatic carbocycles. The van der Waals surface area contributed by atoms with Crippen LogP contribution in [0.1, 0.15) is 57.5 Å². The van der Waals surface area contributed by atoms with Crippen LogP contribution in [0.3, 0.4) is 0 Å². The molecule has 8 aromatic carbocycles. The first-order valence-electron chi connectivity index (χ1n) is 21.1. The predicted molar refractivity (Wildman–Crippen MR) is 233 cm³/mol. The largest absolute Gasteiger partial charge is 0.292 e. The molecular formula is C51H40N2S. The molecule has 54 heavy (non-hydrogen) atoms. The molecule has 2 nitrogen and oxygen atoms in total. The zero-order valence-electron chi connectivity index (χ0n) is 35.6. The number of thiophene rings is 1. The highest BCUT2D eigenvalue weighted by atomic mass is 32.1. The first-order chi connectivity index (χ1) is 28.5. The summed E-state index contributed by atoms with van der Waals surface area (Å²) in [7, 11) is 0. The Morgan fingerprint density at radius 3 is 2.00 bits per heavy atom. The first-order valence-corrected chi connectivity index (χ1v) is 19.4. The molecule has 0 aliphatic rings. The highest BCUT2D eigenvalue weighted by molar-refractivity contribution is 7.26. The molecule has 0 fully saturated rings. The van der Waals surface area contributed by atoms with Gasteiger partial charge in [-0.2, -0.15) is 0 Å². The highest BCUT2D eigenvalue weighted by Crippen LogP contribution is 2.46.